The number of nitrogens with zero attached hydrogens (tertiary/aromatic N) is 2. The van der Waals surface area contributed by atoms with Crippen molar-refractivity contribution < 1.29 is 4.42 Å². The number of likely N-dealkylation sites (N-methyl/N-ethyl adjacent to an activating group) is 1. The van der Waals surface area contributed by atoms with E-state index in [0.29, 0.717) is 0 Å². The topological polar surface area (TPSA) is 43.0 Å². The quantitative estimate of drug-likeness (QED) is 0.923. The third-order valence-electron chi connectivity index (χ3n) is 2.98. The van der Waals surface area contributed by atoms with Crippen LogP contribution in [0.2, 0.25) is 0 Å². The third kappa shape index (κ3) is 2.84. The Morgan fingerprint density at radius 2 is 2.28 bits per heavy atom. The summed E-state index contributed by atoms with van der Waals surface area (Å²) in [5.41, 5.74) is 2.28. The summed E-state index contributed by atoms with van der Waals surface area (Å²) >= 11 is 3.34. The lowest BCUT2D eigenvalue weighted by molar-refractivity contribution is 0.409. The van der Waals surface area contributed by atoms with Crippen LogP contribution in [0, 0.1) is 6.92 Å². The van der Waals surface area contributed by atoms with Crippen LogP contribution in [0.1, 0.15) is 30.1 Å². The third-order valence-corrected chi connectivity index (χ3v) is 3.41. The molecule has 1 N–H and O–H groups in total. The minimum Gasteiger partial charge on any atom is -0.453 e. The summed E-state index contributed by atoms with van der Waals surface area (Å²) in [6.45, 7) is 5.02. The van der Waals surface area contributed by atoms with Crippen LogP contribution in [-0.2, 0) is 13.0 Å². The van der Waals surface area contributed by atoms with Gasteiger partial charge in [0.05, 0.1) is 11.7 Å². The van der Waals surface area contributed by atoms with Crippen LogP contribution < -0.4 is 5.32 Å². The molecule has 0 aliphatic carbocycles. The lowest BCUT2D eigenvalue weighted by Gasteiger charge is -2.14. The van der Waals surface area contributed by atoms with E-state index < -0.39 is 0 Å². The van der Waals surface area contributed by atoms with Crippen LogP contribution in [0.25, 0.3) is 0 Å². The molecule has 0 radical (unpaired) electrons. The predicted molar refractivity (Wildman–Crippen MR) is 74.6 cm³/mol. The van der Waals surface area contributed by atoms with Crippen LogP contribution in [-0.4, -0.2) is 16.8 Å². The zero-order valence-corrected chi connectivity index (χ0v) is 12.5. The zero-order chi connectivity index (χ0) is 13.1. The van der Waals surface area contributed by atoms with Crippen LogP contribution in [0.4, 0.5) is 0 Å². The van der Waals surface area contributed by atoms with E-state index in [1.807, 2.05) is 30.8 Å². The molecule has 0 bridgehead atoms. The number of aromatic nitrogens is 2. The minimum absolute atomic E-state index is 0.165. The second kappa shape index (κ2) is 5.71. The van der Waals surface area contributed by atoms with Gasteiger partial charge in [-0.1, -0.05) is 0 Å². The van der Waals surface area contributed by atoms with E-state index in [-0.39, 0.29) is 6.04 Å². The first-order valence-electron chi connectivity index (χ1n) is 6.09. The predicted octanol–water partition coefficient (Wildman–Crippen LogP) is 3.07. The molecule has 98 valence electrons. The summed E-state index contributed by atoms with van der Waals surface area (Å²) in [7, 11) is 1.95. The molecule has 18 heavy (non-hydrogen) atoms. The molecule has 2 aromatic rings. The van der Waals surface area contributed by atoms with Gasteiger partial charge < -0.3 is 9.73 Å². The Balaban J connectivity index is 2.19. The molecule has 0 aromatic carbocycles. The van der Waals surface area contributed by atoms with Gasteiger partial charge in [-0.2, -0.15) is 5.10 Å². The van der Waals surface area contributed by atoms with Crippen molar-refractivity contribution in [1.29, 1.82) is 0 Å². The van der Waals surface area contributed by atoms with Crippen molar-refractivity contribution in [2.45, 2.75) is 32.9 Å². The first-order valence-corrected chi connectivity index (χ1v) is 6.89. The highest BCUT2D eigenvalue weighted by Gasteiger charge is 2.16. The monoisotopic (exact) mass is 311 g/mol. The van der Waals surface area contributed by atoms with Crippen molar-refractivity contribution in [3.8, 4) is 0 Å². The summed E-state index contributed by atoms with van der Waals surface area (Å²) in [5.74, 6) is 0.936. The Hall–Kier alpha value is -1.07. The lowest BCUT2D eigenvalue weighted by Crippen LogP contribution is -2.20. The normalized spacial score (nSPS) is 12.9. The molecule has 2 aromatic heterocycles. The Labute approximate surface area is 115 Å². The maximum atomic E-state index is 5.61. The van der Waals surface area contributed by atoms with E-state index in [4.69, 9.17) is 4.42 Å². The van der Waals surface area contributed by atoms with Gasteiger partial charge in [-0.05, 0) is 55.0 Å². The van der Waals surface area contributed by atoms with Crippen molar-refractivity contribution in [3.63, 3.8) is 0 Å². The summed E-state index contributed by atoms with van der Waals surface area (Å²) in [5, 5.41) is 7.75. The number of aryl methyl sites for hydroxylation is 2. The van der Waals surface area contributed by atoms with Crippen molar-refractivity contribution in [1.82, 2.24) is 15.1 Å². The van der Waals surface area contributed by atoms with E-state index in [2.05, 4.69) is 39.3 Å². The highest BCUT2D eigenvalue weighted by Crippen LogP contribution is 2.23. The Bertz CT molecular complexity index is 518. The van der Waals surface area contributed by atoms with Gasteiger partial charge in [0.25, 0.3) is 0 Å². The molecule has 2 heterocycles. The fourth-order valence-corrected chi connectivity index (χ4v) is 2.43. The number of nitrogens with one attached hydrogen (secondary N) is 1. The molecular formula is C13H18BrN3O. The van der Waals surface area contributed by atoms with Gasteiger partial charge in [0, 0.05) is 18.7 Å². The van der Waals surface area contributed by atoms with Crippen LogP contribution in [0.15, 0.2) is 27.3 Å². The fourth-order valence-electron chi connectivity index (χ4n) is 2.11. The number of rotatable bonds is 5. The molecule has 1 unspecified atom stereocenters. The van der Waals surface area contributed by atoms with E-state index in [1.54, 1.807) is 0 Å². The molecule has 0 saturated carbocycles. The number of hydrogen-bond donors (Lipinski definition) is 1. The molecule has 1 atom stereocenters. The highest BCUT2D eigenvalue weighted by atomic mass is 79.9. The van der Waals surface area contributed by atoms with E-state index in [1.165, 1.54) is 5.69 Å². The smallest absolute Gasteiger partial charge is 0.169 e. The molecule has 0 fully saturated rings. The average Bonchev–Trinajstić information content (AvgIpc) is 2.92. The number of furan rings is 1. The van der Waals surface area contributed by atoms with Gasteiger partial charge in [-0.25, -0.2) is 0 Å². The Morgan fingerprint density at radius 1 is 1.50 bits per heavy atom. The SMILES string of the molecule is CCn1nc(C)cc1CC(NC)c1ccc(Br)o1. The van der Waals surface area contributed by atoms with Crippen LogP contribution >= 0.6 is 15.9 Å². The van der Waals surface area contributed by atoms with Gasteiger partial charge in [-0.3, -0.25) is 4.68 Å². The molecule has 0 spiro atoms. The maximum absolute atomic E-state index is 5.61. The van der Waals surface area contributed by atoms with Gasteiger partial charge in [0.15, 0.2) is 4.67 Å². The molecule has 0 amide bonds. The first-order chi connectivity index (χ1) is 8.63. The average molecular weight is 312 g/mol. The first kappa shape index (κ1) is 13.4. The molecular weight excluding hydrogens is 294 g/mol. The zero-order valence-electron chi connectivity index (χ0n) is 10.9. The Kier molecular flexibility index (Phi) is 4.24. The van der Waals surface area contributed by atoms with Gasteiger partial charge >= 0.3 is 0 Å². The standard InChI is InChI=1S/C13H18BrN3O/c1-4-17-10(7-9(2)16-17)8-11(15-3)12-5-6-13(14)18-12/h5-7,11,15H,4,8H2,1-3H3. The highest BCUT2D eigenvalue weighted by molar-refractivity contribution is 9.10. The van der Waals surface area contributed by atoms with Crippen molar-refractivity contribution in [2.75, 3.05) is 7.05 Å². The van der Waals surface area contributed by atoms with Crippen molar-refractivity contribution >= 4 is 15.9 Å². The molecule has 0 saturated heterocycles. The number of halogens is 1. The molecule has 5 heteroatoms. The second-order valence-corrected chi connectivity index (χ2v) is 5.06. The lowest BCUT2D eigenvalue weighted by atomic mass is 10.1. The van der Waals surface area contributed by atoms with E-state index in [0.717, 1.165) is 29.1 Å². The maximum Gasteiger partial charge on any atom is 0.169 e. The molecule has 0 aliphatic heterocycles. The molecule has 2 rings (SSSR count). The minimum atomic E-state index is 0.165. The van der Waals surface area contributed by atoms with Crippen molar-refractivity contribution in [2.24, 2.45) is 0 Å². The van der Waals surface area contributed by atoms with Crippen LogP contribution in [0.3, 0.4) is 0 Å². The largest absolute Gasteiger partial charge is 0.453 e. The molecule has 4 nitrogen and oxygen atoms in total. The van der Waals surface area contributed by atoms with E-state index in [9.17, 15) is 0 Å². The molecule has 0 aliphatic rings. The summed E-state index contributed by atoms with van der Waals surface area (Å²) in [6.07, 6.45) is 0.866. The van der Waals surface area contributed by atoms with Crippen LogP contribution in [0.5, 0.6) is 0 Å². The van der Waals surface area contributed by atoms with Gasteiger partial charge in [0.1, 0.15) is 5.76 Å². The second-order valence-electron chi connectivity index (χ2n) is 4.28. The fraction of sp³-hybridized carbons (Fsp3) is 0.462. The van der Waals surface area contributed by atoms with Gasteiger partial charge in [0.2, 0.25) is 0 Å². The summed E-state index contributed by atoms with van der Waals surface area (Å²) in [4.78, 5) is 0. The van der Waals surface area contributed by atoms with E-state index >= 15 is 0 Å². The van der Waals surface area contributed by atoms with Gasteiger partial charge in [-0.15, -0.1) is 0 Å². The summed E-state index contributed by atoms with van der Waals surface area (Å²) < 4.78 is 8.41. The summed E-state index contributed by atoms with van der Waals surface area (Å²) in [6, 6.07) is 6.20. The number of hydrogen-bond acceptors (Lipinski definition) is 3. The Morgan fingerprint density at radius 3 is 2.83 bits per heavy atom. The van der Waals surface area contributed by atoms with Crippen molar-refractivity contribution in [3.05, 3.63) is 40.0 Å².